The summed E-state index contributed by atoms with van der Waals surface area (Å²) < 4.78 is 0. The number of carbonyl (C=O) groups is 1. The second-order valence-corrected chi connectivity index (χ2v) is 3.94. The Morgan fingerprint density at radius 2 is 2.19 bits per heavy atom. The van der Waals surface area contributed by atoms with E-state index >= 15 is 0 Å². The fraction of sp³-hybridized carbons (Fsp3) is 0.333. The van der Waals surface area contributed by atoms with E-state index < -0.39 is 10.9 Å². The molecule has 16 heavy (non-hydrogen) atoms. The lowest BCUT2D eigenvalue weighted by Gasteiger charge is -2.20. The lowest BCUT2D eigenvalue weighted by Crippen LogP contribution is -2.25. The van der Waals surface area contributed by atoms with E-state index in [2.05, 4.69) is 0 Å². The van der Waals surface area contributed by atoms with E-state index in [0.717, 1.165) is 6.08 Å². The maximum atomic E-state index is 10.8. The molecule has 0 saturated carbocycles. The number of hydrogen-bond donors (Lipinski definition) is 1. The van der Waals surface area contributed by atoms with Crippen LogP contribution in [0.4, 0.5) is 0 Å². The number of carboxylic acid groups (broad SMARTS) is 1. The van der Waals surface area contributed by atoms with Crippen LogP contribution in [0.15, 0.2) is 23.0 Å². The molecular formula is C9H10N2O4S. The summed E-state index contributed by atoms with van der Waals surface area (Å²) in [5.74, 6) is -1.23. The van der Waals surface area contributed by atoms with Crippen molar-refractivity contribution in [2.45, 2.75) is 6.42 Å². The maximum Gasteiger partial charge on any atom is 0.337 e. The van der Waals surface area contributed by atoms with Crippen LogP contribution in [0, 0.1) is 10.1 Å². The van der Waals surface area contributed by atoms with Gasteiger partial charge in [0.2, 0.25) is 0 Å². The molecule has 7 heteroatoms. The third kappa shape index (κ3) is 2.25. The molecule has 0 aromatic carbocycles. The Labute approximate surface area is 97.0 Å². The Bertz CT molecular complexity index is 437. The normalized spacial score (nSPS) is 15.9. The molecule has 1 rings (SSSR count). The van der Waals surface area contributed by atoms with E-state index in [1.807, 2.05) is 0 Å². The molecule has 0 saturated heterocycles. The summed E-state index contributed by atoms with van der Waals surface area (Å²) in [5, 5.41) is 19.6. The van der Waals surface area contributed by atoms with Crippen LogP contribution in [0.2, 0.25) is 0 Å². The van der Waals surface area contributed by atoms with Gasteiger partial charge in [0.25, 0.3) is 5.70 Å². The summed E-state index contributed by atoms with van der Waals surface area (Å²) in [6.45, 7) is 0. The maximum absolute atomic E-state index is 10.8. The molecule has 0 radical (unpaired) electrons. The Morgan fingerprint density at radius 3 is 2.56 bits per heavy atom. The first kappa shape index (κ1) is 12.3. The van der Waals surface area contributed by atoms with Gasteiger partial charge in [-0.25, -0.2) is 4.79 Å². The van der Waals surface area contributed by atoms with Gasteiger partial charge in [0, 0.05) is 31.5 Å². The van der Waals surface area contributed by atoms with Crippen LogP contribution in [0.25, 0.3) is 0 Å². The third-order valence-electron chi connectivity index (χ3n) is 2.17. The molecule has 0 aromatic rings. The number of nitro groups is 1. The summed E-state index contributed by atoms with van der Waals surface area (Å²) >= 11 is 4.91. The highest BCUT2D eigenvalue weighted by Crippen LogP contribution is 2.24. The average molecular weight is 242 g/mol. The zero-order chi connectivity index (χ0) is 12.5. The highest BCUT2D eigenvalue weighted by Gasteiger charge is 2.29. The number of hydrogen-bond acceptors (Lipinski definition) is 5. The van der Waals surface area contributed by atoms with Crippen LogP contribution < -0.4 is 0 Å². The first-order chi connectivity index (χ1) is 7.34. The van der Waals surface area contributed by atoms with Gasteiger partial charge in [0.1, 0.15) is 0 Å². The van der Waals surface area contributed by atoms with Gasteiger partial charge >= 0.3 is 5.97 Å². The molecule has 0 unspecified atom stereocenters. The molecule has 1 N–H and O–H groups in total. The van der Waals surface area contributed by atoms with Crippen molar-refractivity contribution in [1.29, 1.82) is 0 Å². The molecule has 0 bridgehead atoms. The van der Waals surface area contributed by atoms with Gasteiger partial charge in [-0.2, -0.15) is 0 Å². The van der Waals surface area contributed by atoms with Gasteiger partial charge in [0.05, 0.1) is 16.2 Å². The molecule has 0 atom stereocenters. The van der Waals surface area contributed by atoms with Crippen LogP contribution in [-0.4, -0.2) is 39.9 Å². The summed E-state index contributed by atoms with van der Waals surface area (Å²) in [5.41, 5.74) is 0.0308. The second-order valence-electron chi connectivity index (χ2n) is 3.45. The lowest BCUT2D eigenvalue weighted by molar-refractivity contribution is -0.421. The summed E-state index contributed by atoms with van der Waals surface area (Å²) in [4.78, 5) is 22.8. The molecule has 0 spiro atoms. The minimum atomic E-state index is -1.23. The second kappa shape index (κ2) is 4.40. The van der Waals surface area contributed by atoms with Gasteiger partial charge in [-0.3, -0.25) is 10.1 Å². The predicted octanol–water partition coefficient (Wildman–Crippen LogP) is 0.821. The third-order valence-corrected chi connectivity index (χ3v) is 2.54. The Hall–Kier alpha value is -1.76. The number of allylic oxidation sites excluding steroid dienone is 2. The molecule has 1 aliphatic rings. The predicted molar refractivity (Wildman–Crippen MR) is 60.6 cm³/mol. The largest absolute Gasteiger partial charge is 0.478 e. The first-order valence-corrected chi connectivity index (χ1v) is 4.78. The monoisotopic (exact) mass is 242 g/mol. The average Bonchev–Trinajstić information content (AvgIpc) is 2.15. The van der Waals surface area contributed by atoms with E-state index in [9.17, 15) is 14.9 Å². The highest BCUT2D eigenvalue weighted by atomic mass is 32.1. The molecule has 0 amide bonds. The highest BCUT2D eigenvalue weighted by molar-refractivity contribution is 7.81. The van der Waals surface area contributed by atoms with Gasteiger partial charge in [-0.1, -0.05) is 12.2 Å². The number of nitrogens with zero attached hydrogens (tertiary/aromatic N) is 2. The van der Waals surface area contributed by atoms with Crippen LogP contribution in [-0.2, 0) is 4.79 Å². The molecule has 0 aliphatic heterocycles. The van der Waals surface area contributed by atoms with Crippen molar-refractivity contribution in [3.63, 3.8) is 0 Å². The van der Waals surface area contributed by atoms with Crippen LogP contribution >= 0.6 is 12.2 Å². The van der Waals surface area contributed by atoms with Gasteiger partial charge < -0.3 is 10.0 Å². The van der Waals surface area contributed by atoms with Crippen molar-refractivity contribution in [3.8, 4) is 0 Å². The smallest absolute Gasteiger partial charge is 0.337 e. The van der Waals surface area contributed by atoms with Crippen molar-refractivity contribution in [2.75, 3.05) is 14.1 Å². The van der Waals surface area contributed by atoms with E-state index in [0.29, 0.717) is 5.70 Å². The lowest BCUT2D eigenvalue weighted by atomic mass is 9.99. The van der Waals surface area contributed by atoms with Crippen molar-refractivity contribution in [2.24, 2.45) is 0 Å². The molecule has 0 heterocycles. The summed E-state index contributed by atoms with van der Waals surface area (Å²) in [6, 6.07) is 0. The number of carboxylic acids is 1. The minimum absolute atomic E-state index is 0.108. The SMILES string of the molecule is CN(C)C1=C([N+](=O)[O-])C=C(C(=O)O)C(=S)C1. The first-order valence-electron chi connectivity index (χ1n) is 4.37. The zero-order valence-corrected chi connectivity index (χ0v) is 9.58. The molecule has 0 aromatic heterocycles. The quantitative estimate of drug-likeness (QED) is 0.448. The zero-order valence-electron chi connectivity index (χ0n) is 8.76. The number of thiocarbonyl (C=S) groups is 1. The van der Waals surface area contributed by atoms with Crippen molar-refractivity contribution in [3.05, 3.63) is 33.2 Å². The molecule has 6 nitrogen and oxygen atoms in total. The summed E-state index contributed by atoms with van der Waals surface area (Å²) in [7, 11) is 3.31. The fourth-order valence-electron chi connectivity index (χ4n) is 1.36. The Kier molecular flexibility index (Phi) is 3.38. The van der Waals surface area contributed by atoms with E-state index in [1.165, 1.54) is 0 Å². The minimum Gasteiger partial charge on any atom is -0.478 e. The Balaban J connectivity index is 3.32. The van der Waals surface area contributed by atoms with Crippen LogP contribution in [0.1, 0.15) is 6.42 Å². The summed E-state index contributed by atoms with van der Waals surface area (Å²) in [6.07, 6.45) is 1.13. The molecule has 86 valence electrons. The topological polar surface area (TPSA) is 83.7 Å². The van der Waals surface area contributed by atoms with Crippen molar-refractivity contribution < 1.29 is 14.8 Å². The molecular weight excluding hydrogens is 232 g/mol. The number of aliphatic carboxylic acids is 1. The van der Waals surface area contributed by atoms with E-state index in [4.69, 9.17) is 17.3 Å². The standard InChI is InChI=1S/C9H10N2O4S/c1-10(2)6-4-8(16)5(9(12)13)3-7(6)11(14)15/h3H,4H2,1-2H3,(H,12,13). The van der Waals surface area contributed by atoms with Crippen molar-refractivity contribution >= 4 is 23.1 Å². The van der Waals surface area contributed by atoms with Crippen molar-refractivity contribution in [1.82, 2.24) is 4.90 Å². The number of rotatable bonds is 3. The van der Waals surface area contributed by atoms with E-state index in [1.54, 1.807) is 19.0 Å². The Morgan fingerprint density at radius 1 is 1.62 bits per heavy atom. The fourth-order valence-corrected chi connectivity index (χ4v) is 1.65. The van der Waals surface area contributed by atoms with Crippen LogP contribution in [0.5, 0.6) is 0 Å². The molecule has 1 aliphatic carbocycles. The van der Waals surface area contributed by atoms with Crippen LogP contribution in [0.3, 0.4) is 0 Å². The van der Waals surface area contributed by atoms with Gasteiger partial charge in [-0.05, 0) is 0 Å². The van der Waals surface area contributed by atoms with E-state index in [-0.39, 0.29) is 22.6 Å². The van der Waals surface area contributed by atoms with Gasteiger partial charge in [-0.15, -0.1) is 0 Å². The molecule has 0 fully saturated rings. The van der Waals surface area contributed by atoms with Gasteiger partial charge in [0.15, 0.2) is 0 Å².